The second kappa shape index (κ2) is 10.4. The number of carboxylic acid groups (broad SMARTS) is 1. The summed E-state index contributed by atoms with van der Waals surface area (Å²) in [5.74, 6) is 0.270. The monoisotopic (exact) mass is 538 g/mol. The molecule has 2 aliphatic rings. The van der Waals surface area contributed by atoms with E-state index in [4.69, 9.17) is 17.0 Å². The summed E-state index contributed by atoms with van der Waals surface area (Å²) in [6.07, 6.45) is 5.13. The number of rotatable bonds is 9. The van der Waals surface area contributed by atoms with Crippen molar-refractivity contribution < 1.29 is 24.3 Å². The largest absolute Gasteiger partial charge is 0.477 e. The number of nitrogens with zero attached hydrogens (tertiary/aromatic N) is 6. The first-order chi connectivity index (χ1) is 16.4. The molecule has 0 bridgehead atoms. The Labute approximate surface area is 208 Å². The quantitative estimate of drug-likeness (QED) is 0.0959. The molecule has 0 aromatic carbocycles. The highest BCUT2D eigenvalue weighted by Gasteiger charge is 2.54. The fraction of sp³-hybridized carbons (Fsp3) is 0.294. The Morgan fingerprint density at radius 2 is 2.32 bits per heavy atom. The Hall–Kier alpha value is -3.20. The number of aliphatic carboxylic acids is 1. The molecule has 0 aliphatic carbocycles. The molecule has 2 aromatic rings. The molecule has 4 rings (SSSR count). The third kappa shape index (κ3) is 4.84. The first-order valence-electron chi connectivity index (χ1n) is 9.23. The zero-order valence-corrected chi connectivity index (χ0v) is 20.2. The highest BCUT2D eigenvalue weighted by Crippen LogP contribution is 2.41. The minimum Gasteiger partial charge on any atom is -0.477 e. The second-order valence-corrected chi connectivity index (χ2v) is 10.4. The van der Waals surface area contributed by atoms with Crippen LogP contribution in [0.2, 0.25) is 0 Å². The molecule has 2 aliphatic heterocycles. The van der Waals surface area contributed by atoms with Crippen molar-refractivity contribution in [3.63, 3.8) is 0 Å². The first-order valence-corrected chi connectivity index (χ1v) is 12.9. The summed E-state index contributed by atoms with van der Waals surface area (Å²) in [7, 11) is 0. The van der Waals surface area contributed by atoms with E-state index in [0.717, 1.165) is 11.5 Å². The number of carboxylic acids is 1. The fourth-order valence-electron chi connectivity index (χ4n) is 3.03. The van der Waals surface area contributed by atoms with E-state index in [2.05, 4.69) is 35.9 Å². The van der Waals surface area contributed by atoms with Gasteiger partial charge in [-0.25, -0.2) is 4.79 Å². The molecule has 1 saturated heterocycles. The van der Waals surface area contributed by atoms with Crippen molar-refractivity contribution in [1.82, 2.24) is 29.8 Å². The van der Waals surface area contributed by atoms with Gasteiger partial charge in [-0.3, -0.25) is 14.5 Å². The summed E-state index contributed by atoms with van der Waals surface area (Å²) < 4.78 is 4.63. The van der Waals surface area contributed by atoms with E-state index in [1.54, 1.807) is 5.51 Å². The molecule has 0 saturated carbocycles. The molecule has 2 atom stereocenters. The van der Waals surface area contributed by atoms with Crippen LogP contribution in [0.1, 0.15) is 5.82 Å². The maximum Gasteiger partial charge on any atom is 0.352 e. The number of hydrogen-bond donors (Lipinski definition) is 3. The number of fused-ring (bicyclic) bond motifs is 1. The standard InChI is InChI=1S/C17H14N8O5S4/c1-2-3-30-23-8(11-21-16(18)34-24-11)12(26)20-9-13(27)25-10(15(28)29)7(4-31-14(9)25)5-32-17-22-19-6-33-17/h1,6,9,14H,3-5H2,(H,20,26)(H,28,29)(H2,18,21,24)/t9?,14-/m0/s1. The number of thioether (sulfide) groups is 2. The lowest BCUT2D eigenvalue weighted by atomic mass is 10.0. The SMILES string of the molecule is C#CCON=C(C(=O)NC1C(=O)N2C(C(=O)O)=C(CSc3nncs3)CS[C@@H]12)c1nsc(N)n1. The second-order valence-electron chi connectivity index (χ2n) is 6.49. The van der Waals surface area contributed by atoms with E-state index in [0.29, 0.717) is 21.4 Å². The van der Waals surface area contributed by atoms with E-state index in [1.165, 1.54) is 39.8 Å². The summed E-state index contributed by atoms with van der Waals surface area (Å²) in [5.41, 5.74) is 7.35. The molecule has 176 valence electrons. The van der Waals surface area contributed by atoms with Crippen LogP contribution in [0.25, 0.3) is 0 Å². The summed E-state index contributed by atoms with van der Waals surface area (Å²) >= 11 is 4.88. The van der Waals surface area contributed by atoms with Gasteiger partial charge in [-0.15, -0.1) is 28.4 Å². The number of amides is 2. The predicted molar refractivity (Wildman–Crippen MR) is 126 cm³/mol. The lowest BCUT2D eigenvalue weighted by Crippen LogP contribution is -2.71. The molecule has 0 spiro atoms. The molecule has 2 amide bonds. The number of terminal acetylenes is 1. The van der Waals surface area contributed by atoms with Crippen LogP contribution in [0, 0.1) is 12.3 Å². The highest BCUT2D eigenvalue weighted by atomic mass is 32.2. The molecular weight excluding hydrogens is 525 g/mol. The Bertz CT molecular complexity index is 1220. The number of nitrogens with two attached hydrogens (primary N) is 1. The average molecular weight is 539 g/mol. The lowest BCUT2D eigenvalue weighted by molar-refractivity contribution is -0.150. The topological polar surface area (TPSA) is 186 Å². The van der Waals surface area contributed by atoms with Gasteiger partial charge in [0.15, 0.2) is 16.1 Å². The van der Waals surface area contributed by atoms with Crippen molar-refractivity contribution in [2.24, 2.45) is 5.16 Å². The number of anilines is 1. The summed E-state index contributed by atoms with van der Waals surface area (Å²) in [6, 6.07) is -0.974. The van der Waals surface area contributed by atoms with Gasteiger partial charge >= 0.3 is 5.97 Å². The number of carbonyl (C=O) groups is 3. The zero-order valence-electron chi connectivity index (χ0n) is 16.9. The van der Waals surface area contributed by atoms with E-state index in [9.17, 15) is 19.5 Å². The third-order valence-electron chi connectivity index (χ3n) is 4.42. The molecule has 13 nitrogen and oxygen atoms in total. The molecule has 4 heterocycles. The maximum absolute atomic E-state index is 12.9. The van der Waals surface area contributed by atoms with Crippen molar-refractivity contribution in [3.8, 4) is 12.3 Å². The van der Waals surface area contributed by atoms with Gasteiger partial charge in [0.25, 0.3) is 11.8 Å². The summed E-state index contributed by atoms with van der Waals surface area (Å²) in [6.45, 7) is -0.199. The van der Waals surface area contributed by atoms with Crippen LogP contribution in [0.4, 0.5) is 5.13 Å². The van der Waals surface area contributed by atoms with Gasteiger partial charge in [0.05, 0.1) is 0 Å². The number of aromatic nitrogens is 4. The van der Waals surface area contributed by atoms with Crippen LogP contribution in [0.15, 0.2) is 26.3 Å². The average Bonchev–Trinajstić information content (AvgIpc) is 3.49. The number of nitrogen functional groups attached to an aromatic ring is 1. The third-order valence-corrected chi connectivity index (χ3v) is 8.25. The van der Waals surface area contributed by atoms with E-state index in [1.807, 2.05) is 0 Å². The van der Waals surface area contributed by atoms with Crippen molar-refractivity contribution in [2.75, 3.05) is 23.8 Å². The number of carbonyl (C=O) groups excluding carboxylic acids is 2. The van der Waals surface area contributed by atoms with Crippen LogP contribution in [-0.2, 0) is 19.2 Å². The number of oxime groups is 1. The van der Waals surface area contributed by atoms with Gasteiger partial charge in [0.1, 0.15) is 22.6 Å². The summed E-state index contributed by atoms with van der Waals surface area (Å²) in [5, 5.41) is 23.2. The molecule has 4 N–H and O–H groups in total. The Kier molecular flexibility index (Phi) is 7.31. The van der Waals surface area contributed by atoms with Gasteiger partial charge in [0, 0.05) is 23.0 Å². The zero-order chi connectivity index (χ0) is 24.2. The van der Waals surface area contributed by atoms with E-state index >= 15 is 0 Å². The van der Waals surface area contributed by atoms with Gasteiger partial charge in [0.2, 0.25) is 11.5 Å². The van der Waals surface area contributed by atoms with Crippen molar-refractivity contribution in [2.45, 2.75) is 15.8 Å². The van der Waals surface area contributed by atoms with E-state index in [-0.39, 0.29) is 29.0 Å². The molecule has 0 radical (unpaired) electrons. The highest BCUT2D eigenvalue weighted by molar-refractivity contribution is 8.01. The Morgan fingerprint density at radius 3 is 2.97 bits per heavy atom. The molecular formula is C17H14N8O5S4. The molecule has 2 aromatic heterocycles. The predicted octanol–water partition coefficient (Wildman–Crippen LogP) is -0.143. The number of β-lactam (4-membered cyclic amide) rings is 1. The van der Waals surface area contributed by atoms with Crippen LogP contribution in [-0.4, -0.2) is 82.6 Å². The van der Waals surface area contributed by atoms with Crippen LogP contribution < -0.4 is 11.1 Å². The minimum absolute atomic E-state index is 0.0842. The number of hydrogen-bond acceptors (Lipinski definition) is 14. The Morgan fingerprint density at radius 1 is 1.50 bits per heavy atom. The van der Waals surface area contributed by atoms with Crippen molar-refractivity contribution in [3.05, 3.63) is 22.6 Å². The number of nitrogens with one attached hydrogen (secondary N) is 1. The smallest absolute Gasteiger partial charge is 0.352 e. The van der Waals surface area contributed by atoms with Crippen molar-refractivity contribution >= 4 is 75.0 Å². The first kappa shape index (κ1) is 23.9. The van der Waals surface area contributed by atoms with Gasteiger partial charge in [-0.2, -0.15) is 9.36 Å². The lowest BCUT2D eigenvalue weighted by Gasteiger charge is -2.49. The minimum atomic E-state index is -1.22. The summed E-state index contributed by atoms with van der Waals surface area (Å²) in [4.78, 5) is 47.7. The molecule has 1 unspecified atom stereocenters. The van der Waals surface area contributed by atoms with Gasteiger partial charge in [-0.05, 0) is 5.57 Å². The van der Waals surface area contributed by atoms with Gasteiger partial charge < -0.3 is 21.0 Å². The van der Waals surface area contributed by atoms with Crippen LogP contribution in [0.5, 0.6) is 0 Å². The molecule has 17 heteroatoms. The normalized spacial score (nSPS) is 19.8. The maximum atomic E-state index is 12.9. The molecule has 34 heavy (non-hydrogen) atoms. The Balaban J connectivity index is 1.49. The van der Waals surface area contributed by atoms with Crippen molar-refractivity contribution in [1.29, 1.82) is 0 Å². The molecule has 1 fully saturated rings. The van der Waals surface area contributed by atoms with Crippen LogP contribution >= 0.6 is 46.4 Å². The van der Waals surface area contributed by atoms with E-state index < -0.39 is 29.2 Å². The van der Waals surface area contributed by atoms with Gasteiger partial charge in [-0.1, -0.05) is 34.2 Å². The van der Waals surface area contributed by atoms with Crippen LogP contribution in [0.3, 0.4) is 0 Å². The fourth-order valence-corrected chi connectivity index (χ4v) is 6.44.